The molecule has 0 unspecified atom stereocenters. The smallest absolute Gasteiger partial charge is 0.338 e. The molecule has 2 N–H and O–H groups in total. The van der Waals surface area contributed by atoms with Crippen LogP contribution in [0.4, 0.5) is 0 Å². The molecule has 0 saturated carbocycles. The van der Waals surface area contributed by atoms with E-state index in [2.05, 4.69) is 6.92 Å². The molecule has 0 amide bonds. The number of halogens is 1. The summed E-state index contributed by atoms with van der Waals surface area (Å²) >= 11 is 0. The zero-order valence-corrected chi connectivity index (χ0v) is 13.4. The monoisotopic (exact) mass is 299 g/mol. The predicted octanol–water partition coefficient (Wildman–Crippen LogP) is 4.25. The maximum Gasteiger partial charge on any atom is 0.338 e. The van der Waals surface area contributed by atoms with Gasteiger partial charge < -0.3 is 10.5 Å². The molecule has 0 fully saturated rings. The average Bonchev–Trinajstić information content (AvgIpc) is 2.38. The number of benzene rings is 1. The molecule has 1 rings (SSSR count). The highest BCUT2D eigenvalue weighted by molar-refractivity contribution is 5.89. The Morgan fingerprint density at radius 2 is 1.80 bits per heavy atom. The number of carbonyl (C=O) groups excluding carboxylic acids is 1. The minimum Gasteiger partial charge on any atom is -0.459 e. The second kappa shape index (κ2) is 9.78. The van der Waals surface area contributed by atoms with E-state index in [-0.39, 0.29) is 30.5 Å². The molecule has 114 valence electrons. The normalized spacial score (nSPS) is 11.8. The lowest BCUT2D eigenvalue weighted by Crippen LogP contribution is -2.13. The molecule has 0 saturated heterocycles. The van der Waals surface area contributed by atoms with Gasteiger partial charge in [-0.2, -0.15) is 0 Å². The highest BCUT2D eigenvalue weighted by atomic mass is 35.5. The van der Waals surface area contributed by atoms with Gasteiger partial charge in [0.2, 0.25) is 0 Å². The highest BCUT2D eigenvalue weighted by Gasteiger charge is 2.10. The van der Waals surface area contributed by atoms with E-state index in [1.807, 2.05) is 26.0 Å². The fourth-order valence-electron chi connectivity index (χ4n) is 1.93. The third-order valence-electron chi connectivity index (χ3n) is 3.04. The molecule has 3 nitrogen and oxygen atoms in total. The first-order valence-electron chi connectivity index (χ1n) is 7.11. The molecular formula is C16H26ClNO2. The largest absolute Gasteiger partial charge is 0.459 e. The SMILES string of the molecule is CCCCC[C@@H](N)c1ccc(C(=O)OC(C)C)cc1.Cl. The molecule has 0 radical (unpaired) electrons. The lowest BCUT2D eigenvalue weighted by molar-refractivity contribution is 0.0378. The fraction of sp³-hybridized carbons (Fsp3) is 0.562. The Morgan fingerprint density at radius 3 is 2.30 bits per heavy atom. The molecule has 0 heterocycles. The average molecular weight is 300 g/mol. The molecule has 1 atom stereocenters. The molecule has 0 aliphatic carbocycles. The van der Waals surface area contributed by atoms with E-state index < -0.39 is 0 Å². The molecule has 20 heavy (non-hydrogen) atoms. The van der Waals surface area contributed by atoms with Crippen molar-refractivity contribution in [3.05, 3.63) is 35.4 Å². The van der Waals surface area contributed by atoms with Gasteiger partial charge in [-0.15, -0.1) is 12.4 Å². The van der Waals surface area contributed by atoms with Gasteiger partial charge in [-0.05, 0) is 38.0 Å². The topological polar surface area (TPSA) is 52.3 Å². The summed E-state index contributed by atoms with van der Waals surface area (Å²) in [4.78, 5) is 11.7. The maximum atomic E-state index is 11.7. The summed E-state index contributed by atoms with van der Waals surface area (Å²) in [5.74, 6) is -0.277. The Balaban J connectivity index is 0.00000361. The van der Waals surface area contributed by atoms with E-state index in [1.165, 1.54) is 12.8 Å². The van der Waals surface area contributed by atoms with Crippen LogP contribution < -0.4 is 5.73 Å². The Hall–Kier alpha value is -1.06. The van der Waals surface area contributed by atoms with E-state index in [4.69, 9.17) is 10.5 Å². The van der Waals surface area contributed by atoms with Crippen molar-refractivity contribution < 1.29 is 9.53 Å². The van der Waals surface area contributed by atoms with Crippen molar-refractivity contribution in [1.82, 2.24) is 0 Å². The van der Waals surface area contributed by atoms with Crippen LogP contribution >= 0.6 is 12.4 Å². The molecule has 0 aliphatic rings. The number of hydrogen-bond donors (Lipinski definition) is 1. The highest BCUT2D eigenvalue weighted by Crippen LogP contribution is 2.18. The van der Waals surface area contributed by atoms with Gasteiger partial charge in [-0.1, -0.05) is 38.3 Å². The number of carbonyl (C=O) groups is 1. The Labute approximate surface area is 128 Å². The van der Waals surface area contributed by atoms with Crippen LogP contribution in [0.2, 0.25) is 0 Å². The van der Waals surface area contributed by atoms with Crippen molar-refractivity contribution in [1.29, 1.82) is 0 Å². The second-order valence-electron chi connectivity index (χ2n) is 5.18. The third-order valence-corrected chi connectivity index (χ3v) is 3.04. The first-order chi connectivity index (χ1) is 9.04. The molecule has 0 aromatic heterocycles. The molecule has 1 aromatic carbocycles. The van der Waals surface area contributed by atoms with Gasteiger partial charge in [0.1, 0.15) is 0 Å². The van der Waals surface area contributed by atoms with Crippen molar-refractivity contribution >= 4 is 18.4 Å². The number of unbranched alkanes of at least 4 members (excludes halogenated alkanes) is 2. The summed E-state index contributed by atoms with van der Waals surface area (Å²) in [6.45, 7) is 5.87. The van der Waals surface area contributed by atoms with Gasteiger partial charge in [0.15, 0.2) is 0 Å². The van der Waals surface area contributed by atoms with E-state index >= 15 is 0 Å². The molecule has 1 aromatic rings. The minimum absolute atomic E-state index is 0. The van der Waals surface area contributed by atoms with Crippen molar-refractivity contribution in [2.24, 2.45) is 5.73 Å². The third kappa shape index (κ3) is 6.40. The predicted molar refractivity (Wildman–Crippen MR) is 85.3 cm³/mol. The standard InChI is InChI=1S/C16H25NO2.ClH/c1-4-5-6-7-15(17)13-8-10-14(11-9-13)16(18)19-12(2)3;/h8-12,15H,4-7,17H2,1-3H3;1H/t15-;/m1./s1. The summed E-state index contributed by atoms with van der Waals surface area (Å²) < 4.78 is 5.15. The van der Waals surface area contributed by atoms with Crippen molar-refractivity contribution in [2.75, 3.05) is 0 Å². The van der Waals surface area contributed by atoms with Crippen LogP contribution in [0.15, 0.2) is 24.3 Å². The Morgan fingerprint density at radius 1 is 1.20 bits per heavy atom. The quantitative estimate of drug-likeness (QED) is 0.605. The molecular weight excluding hydrogens is 274 g/mol. The second-order valence-corrected chi connectivity index (χ2v) is 5.18. The fourth-order valence-corrected chi connectivity index (χ4v) is 1.93. The summed E-state index contributed by atoms with van der Waals surface area (Å²) in [6, 6.07) is 7.49. The van der Waals surface area contributed by atoms with E-state index in [0.717, 1.165) is 18.4 Å². The van der Waals surface area contributed by atoms with Crippen LogP contribution in [0.5, 0.6) is 0 Å². The summed E-state index contributed by atoms with van der Waals surface area (Å²) in [5.41, 5.74) is 7.79. The number of esters is 1. The van der Waals surface area contributed by atoms with Gasteiger partial charge >= 0.3 is 5.97 Å². The lowest BCUT2D eigenvalue weighted by Gasteiger charge is -2.13. The van der Waals surface area contributed by atoms with Crippen molar-refractivity contribution in [2.45, 2.75) is 58.6 Å². The van der Waals surface area contributed by atoms with Gasteiger partial charge in [-0.25, -0.2) is 4.79 Å². The van der Waals surface area contributed by atoms with E-state index in [0.29, 0.717) is 5.56 Å². The summed E-state index contributed by atoms with van der Waals surface area (Å²) in [6.07, 6.45) is 4.46. The summed E-state index contributed by atoms with van der Waals surface area (Å²) in [7, 11) is 0. The minimum atomic E-state index is -0.277. The lowest BCUT2D eigenvalue weighted by atomic mass is 10.0. The first kappa shape index (κ1) is 18.9. The maximum absolute atomic E-state index is 11.7. The molecule has 0 bridgehead atoms. The van der Waals surface area contributed by atoms with Crippen LogP contribution in [-0.4, -0.2) is 12.1 Å². The van der Waals surface area contributed by atoms with E-state index in [1.54, 1.807) is 12.1 Å². The van der Waals surface area contributed by atoms with Gasteiger partial charge in [0, 0.05) is 6.04 Å². The van der Waals surface area contributed by atoms with Gasteiger partial charge in [0.25, 0.3) is 0 Å². The van der Waals surface area contributed by atoms with Crippen LogP contribution in [-0.2, 0) is 4.74 Å². The van der Waals surface area contributed by atoms with Crippen molar-refractivity contribution in [3.63, 3.8) is 0 Å². The number of nitrogens with two attached hydrogens (primary N) is 1. The van der Waals surface area contributed by atoms with Crippen LogP contribution in [0.3, 0.4) is 0 Å². The zero-order valence-electron chi connectivity index (χ0n) is 12.6. The zero-order chi connectivity index (χ0) is 14.3. The molecule has 0 aliphatic heterocycles. The van der Waals surface area contributed by atoms with Crippen LogP contribution in [0.1, 0.15) is 68.4 Å². The Bertz CT molecular complexity index is 390. The summed E-state index contributed by atoms with van der Waals surface area (Å²) in [5, 5.41) is 0. The van der Waals surface area contributed by atoms with Crippen LogP contribution in [0, 0.1) is 0 Å². The molecule has 0 spiro atoms. The number of ether oxygens (including phenoxy) is 1. The first-order valence-corrected chi connectivity index (χ1v) is 7.11. The van der Waals surface area contributed by atoms with Gasteiger partial charge in [0.05, 0.1) is 11.7 Å². The van der Waals surface area contributed by atoms with Gasteiger partial charge in [-0.3, -0.25) is 0 Å². The number of rotatable bonds is 7. The van der Waals surface area contributed by atoms with Crippen molar-refractivity contribution in [3.8, 4) is 0 Å². The van der Waals surface area contributed by atoms with E-state index in [9.17, 15) is 4.79 Å². The molecule has 4 heteroatoms. The Kier molecular flexibility index (Phi) is 9.26. The number of hydrogen-bond acceptors (Lipinski definition) is 3. The van der Waals surface area contributed by atoms with Crippen LogP contribution in [0.25, 0.3) is 0 Å².